The fraction of sp³-hybridized carbons (Fsp3) is 0.211. The zero-order valence-corrected chi connectivity index (χ0v) is 13.7. The molecule has 0 saturated carbocycles. The molecule has 0 bridgehead atoms. The second kappa shape index (κ2) is 5.85. The van der Waals surface area contributed by atoms with Crippen LogP contribution in [0.25, 0.3) is 5.69 Å². The number of aromatic nitrogens is 1. The van der Waals surface area contributed by atoms with Gasteiger partial charge in [-0.25, -0.2) is 8.96 Å². The first-order valence-corrected chi connectivity index (χ1v) is 8.02. The largest absolute Gasteiger partial charge is 0.494 e. The average molecular weight is 354 g/mol. The van der Waals surface area contributed by atoms with Gasteiger partial charge in [0.05, 0.1) is 17.9 Å². The lowest BCUT2D eigenvalue weighted by Crippen LogP contribution is -2.39. The Morgan fingerprint density at radius 3 is 2.42 bits per heavy atom. The smallest absolute Gasteiger partial charge is 0.265 e. The number of terminal acetylenes is 1. The maximum atomic E-state index is 14.7. The van der Waals surface area contributed by atoms with E-state index in [-0.39, 0.29) is 42.3 Å². The molecular weight excluding hydrogens is 339 g/mol. The van der Waals surface area contributed by atoms with E-state index in [1.54, 1.807) is 0 Å². The molecule has 7 heteroatoms. The molecule has 4 rings (SSSR count). The number of fused-ring (bicyclic) bond motifs is 2. The number of ether oxygens (including phenoxy) is 1. The Bertz CT molecular complexity index is 969. The molecule has 1 aliphatic heterocycles. The summed E-state index contributed by atoms with van der Waals surface area (Å²) >= 11 is 0. The van der Waals surface area contributed by atoms with Crippen LogP contribution < -0.4 is 9.64 Å². The molecule has 132 valence electrons. The Labute approximate surface area is 148 Å². The van der Waals surface area contributed by atoms with Crippen molar-refractivity contribution >= 4 is 11.6 Å². The van der Waals surface area contributed by atoms with Crippen LogP contribution in [-0.2, 0) is 17.6 Å². The molecule has 1 aliphatic carbocycles. The predicted molar refractivity (Wildman–Crippen MR) is 92.3 cm³/mol. The van der Waals surface area contributed by atoms with Crippen LogP contribution in [0, 0.1) is 18.2 Å². The molecule has 2 heterocycles. The van der Waals surface area contributed by atoms with Gasteiger partial charge in [-0.15, -0.1) is 6.42 Å². The van der Waals surface area contributed by atoms with Crippen LogP contribution in [-0.4, -0.2) is 33.8 Å². The number of aromatic hydroxyl groups is 2. The topological polar surface area (TPSA) is 74.9 Å². The molecule has 0 radical (unpaired) electrons. The van der Waals surface area contributed by atoms with Gasteiger partial charge < -0.3 is 14.9 Å². The fourth-order valence-corrected chi connectivity index (χ4v) is 3.35. The maximum Gasteiger partial charge on any atom is 0.265 e. The van der Waals surface area contributed by atoms with Gasteiger partial charge in [-0.3, -0.25) is 9.69 Å². The number of rotatable bonds is 2. The third-order valence-corrected chi connectivity index (χ3v) is 4.60. The molecule has 2 aromatic rings. The molecule has 1 aromatic heterocycles. The molecule has 2 N–H and O–H groups in total. The van der Waals surface area contributed by atoms with E-state index in [2.05, 4.69) is 5.92 Å². The van der Waals surface area contributed by atoms with E-state index in [0.717, 1.165) is 10.6 Å². The SMILES string of the molecule is C#CCN1C(=O)COc2cc(F)c(-n3c(O)c4c(c3O)CC=CC4)cc21. The summed E-state index contributed by atoms with van der Waals surface area (Å²) in [5.74, 6) is 1.05. The highest BCUT2D eigenvalue weighted by Crippen LogP contribution is 2.42. The van der Waals surface area contributed by atoms with Crippen LogP contribution >= 0.6 is 0 Å². The normalized spacial score (nSPS) is 15.2. The summed E-state index contributed by atoms with van der Waals surface area (Å²) in [6.07, 6.45) is 9.95. The van der Waals surface area contributed by atoms with E-state index >= 15 is 0 Å². The third kappa shape index (κ3) is 2.23. The van der Waals surface area contributed by atoms with Crippen molar-refractivity contribution in [2.75, 3.05) is 18.1 Å². The van der Waals surface area contributed by atoms with Crippen LogP contribution in [0.15, 0.2) is 24.3 Å². The number of carbonyl (C=O) groups is 1. The predicted octanol–water partition coefficient (Wildman–Crippen LogP) is 2.04. The van der Waals surface area contributed by atoms with Gasteiger partial charge in [0.25, 0.3) is 5.91 Å². The summed E-state index contributed by atoms with van der Waals surface area (Å²) in [5.41, 5.74) is 1.30. The highest BCUT2D eigenvalue weighted by Gasteiger charge is 2.30. The molecular formula is C19H15FN2O4. The first kappa shape index (κ1) is 16.1. The molecule has 0 saturated heterocycles. The number of allylic oxidation sites excluding steroid dienone is 2. The van der Waals surface area contributed by atoms with Crippen molar-refractivity contribution in [2.45, 2.75) is 12.8 Å². The van der Waals surface area contributed by atoms with Gasteiger partial charge in [0.15, 0.2) is 12.4 Å². The molecule has 1 amide bonds. The van der Waals surface area contributed by atoms with Crippen molar-refractivity contribution in [3.63, 3.8) is 0 Å². The molecule has 0 atom stereocenters. The standard InChI is InChI=1S/C19H15FN2O4/c1-2-7-21-15-9-14(13(20)8-16(15)26-10-17(21)23)22-18(24)11-5-3-4-6-12(11)19(22)25/h1,3-4,8-9,24-25H,5-7,10H2. The Morgan fingerprint density at radius 1 is 1.15 bits per heavy atom. The van der Waals surface area contributed by atoms with Crippen molar-refractivity contribution in [3.05, 3.63) is 41.2 Å². The Kier molecular flexibility index (Phi) is 3.62. The lowest BCUT2D eigenvalue weighted by molar-refractivity contribution is -0.121. The Hall–Kier alpha value is -3.40. The number of hydrogen-bond acceptors (Lipinski definition) is 4. The zero-order chi connectivity index (χ0) is 18.4. The van der Waals surface area contributed by atoms with Gasteiger partial charge in [-0.1, -0.05) is 18.1 Å². The summed E-state index contributed by atoms with van der Waals surface area (Å²) in [6.45, 7) is -0.224. The van der Waals surface area contributed by atoms with Crippen LogP contribution in [0.5, 0.6) is 17.5 Å². The van der Waals surface area contributed by atoms with Gasteiger partial charge >= 0.3 is 0 Å². The summed E-state index contributed by atoms with van der Waals surface area (Å²) < 4.78 is 21.0. The van der Waals surface area contributed by atoms with Crippen LogP contribution in [0.1, 0.15) is 11.1 Å². The van der Waals surface area contributed by atoms with E-state index in [1.165, 1.54) is 11.0 Å². The number of nitrogens with zero attached hydrogens (tertiary/aromatic N) is 2. The van der Waals surface area contributed by atoms with Gasteiger partial charge in [-0.05, 0) is 18.9 Å². The van der Waals surface area contributed by atoms with Crippen LogP contribution in [0.2, 0.25) is 0 Å². The molecule has 0 spiro atoms. The van der Waals surface area contributed by atoms with Crippen molar-refractivity contribution in [1.29, 1.82) is 0 Å². The number of carbonyl (C=O) groups excluding carboxylic acids is 1. The monoisotopic (exact) mass is 354 g/mol. The molecule has 1 aromatic carbocycles. The first-order chi connectivity index (χ1) is 12.5. The van der Waals surface area contributed by atoms with Crippen molar-refractivity contribution in [1.82, 2.24) is 4.57 Å². The second-order valence-electron chi connectivity index (χ2n) is 6.06. The molecule has 0 fully saturated rings. The minimum atomic E-state index is -0.704. The molecule has 26 heavy (non-hydrogen) atoms. The number of halogens is 1. The minimum absolute atomic E-state index is 0.00429. The number of benzene rings is 1. The van der Waals surface area contributed by atoms with Gasteiger partial charge in [-0.2, -0.15) is 0 Å². The fourth-order valence-electron chi connectivity index (χ4n) is 3.35. The number of amides is 1. The minimum Gasteiger partial charge on any atom is -0.494 e. The van der Waals surface area contributed by atoms with Gasteiger partial charge in [0.2, 0.25) is 11.8 Å². The van der Waals surface area contributed by atoms with Crippen LogP contribution in [0.3, 0.4) is 0 Å². The van der Waals surface area contributed by atoms with E-state index in [1.807, 2.05) is 12.2 Å². The van der Waals surface area contributed by atoms with Crippen molar-refractivity contribution in [2.24, 2.45) is 0 Å². The van der Waals surface area contributed by atoms with Gasteiger partial charge in [0, 0.05) is 17.2 Å². The highest BCUT2D eigenvalue weighted by atomic mass is 19.1. The molecule has 6 nitrogen and oxygen atoms in total. The number of anilines is 1. The van der Waals surface area contributed by atoms with E-state index in [0.29, 0.717) is 29.7 Å². The average Bonchev–Trinajstić information content (AvgIpc) is 2.89. The lowest BCUT2D eigenvalue weighted by atomic mass is 10.0. The highest BCUT2D eigenvalue weighted by molar-refractivity contribution is 5.98. The summed E-state index contributed by atoms with van der Waals surface area (Å²) in [5, 5.41) is 21.0. The second-order valence-corrected chi connectivity index (χ2v) is 6.06. The third-order valence-electron chi connectivity index (χ3n) is 4.60. The quantitative estimate of drug-likeness (QED) is 0.639. The van der Waals surface area contributed by atoms with Crippen molar-refractivity contribution < 1.29 is 24.1 Å². The lowest BCUT2D eigenvalue weighted by Gasteiger charge is -2.28. The summed E-state index contributed by atoms with van der Waals surface area (Å²) in [4.78, 5) is 13.4. The van der Waals surface area contributed by atoms with Crippen molar-refractivity contribution in [3.8, 4) is 35.5 Å². The van der Waals surface area contributed by atoms with E-state index < -0.39 is 5.82 Å². The van der Waals surface area contributed by atoms with Gasteiger partial charge in [0.1, 0.15) is 5.75 Å². The first-order valence-electron chi connectivity index (χ1n) is 8.02. The zero-order valence-electron chi connectivity index (χ0n) is 13.7. The molecule has 2 aliphatic rings. The maximum absolute atomic E-state index is 14.7. The summed E-state index contributed by atoms with van der Waals surface area (Å²) in [6, 6.07) is 2.47. The van der Waals surface area contributed by atoms with E-state index in [4.69, 9.17) is 11.2 Å². The Balaban J connectivity index is 1.91. The van der Waals surface area contributed by atoms with E-state index in [9.17, 15) is 19.4 Å². The number of hydrogen-bond donors (Lipinski definition) is 2. The molecule has 0 unspecified atom stereocenters. The Morgan fingerprint density at radius 2 is 1.81 bits per heavy atom. The summed E-state index contributed by atoms with van der Waals surface area (Å²) in [7, 11) is 0. The van der Waals surface area contributed by atoms with Crippen LogP contribution in [0.4, 0.5) is 10.1 Å².